The molecule has 0 spiro atoms. The summed E-state index contributed by atoms with van der Waals surface area (Å²) in [6.45, 7) is 5.50. The van der Waals surface area contributed by atoms with Gasteiger partial charge in [0.25, 0.3) is 0 Å². The Hall–Kier alpha value is -0.600. The number of rotatable bonds is 8. The van der Waals surface area contributed by atoms with Crippen molar-refractivity contribution in [2.45, 2.75) is 25.5 Å². The fourth-order valence-corrected chi connectivity index (χ4v) is 0.845. The molecule has 0 saturated carbocycles. The second kappa shape index (κ2) is 7.66. The van der Waals surface area contributed by atoms with Crippen molar-refractivity contribution in [3.63, 3.8) is 0 Å². The summed E-state index contributed by atoms with van der Waals surface area (Å²) < 4.78 is 9.97. The lowest BCUT2D eigenvalue weighted by Crippen LogP contribution is -2.43. The Bertz CT molecular complexity index is 198. The number of methoxy groups -OCH3 is 1. The highest BCUT2D eigenvalue weighted by Crippen LogP contribution is 1.98. The minimum Gasteiger partial charge on any atom is -0.389 e. The lowest BCUT2D eigenvalue weighted by atomic mass is 10.1. The van der Waals surface area contributed by atoms with Crippen molar-refractivity contribution in [2.75, 3.05) is 33.5 Å². The smallest absolute Gasteiger partial charge is 0.0898 e. The summed E-state index contributed by atoms with van der Waals surface area (Å²) in [7, 11) is 1.61. The molecule has 2 N–H and O–H groups in total. The molecule has 4 heteroatoms. The van der Waals surface area contributed by atoms with Crippen molar-refractivity contribution < 1.29 is 14.6 Å². The van der Waals surface area contributed by atoms with E-state index in [2.05, 4.69) is 11.2 Å². The topological polar surface area (TPSA) is 50.7 Å². The number of terminal acetylenes is 1. The maximum atomic E-state index is 9.51. The molecule has 15 heavy (non-hydrogen) atoms. The number of aliphatic hydroxyl groups is 1. The van der Waals surface area contributed by atoms with E-state index in [1.165, 1.54) is 0 Å². The van der Waals surface area contributed by atoms with Gasteiger partial charge in [-0.25, -0.2) is 0 Å². The molecular weight excluding hydrogens is 194 g/mol. The quantitative estimate of drug-likeness (QED) is 0.442. The summed E-state index contributed by atoms with van der Waals surface area (Å²) >= 11 is 0. The summed E-state index contributed by atoms with van der Waals surface area (Å²) in [6.07, 6.45) is 4.74. The molecule has 0 heterocycles. The Morgan fingerprint density at radius 1 is 1.47 bits per heavy atom. The maximum absolute atomic E-state index is 9.51. The van der Waals surface area contributed by atoms with Crippen molar-refractivity contribution in [2.24, 2.45) is 0 Å². The van der Waals surface area contributed by atoms with Crippen LogP contribution >= 0.6 is 0 Å². The van der Waals surface area contributed by atoms with Crippen LogP contribution in [0.5, 0.6) is 0 Å². The van der Waals surface area contributed by atoms with Crippen molar-refractivity contribution in [3.05, 3.63) is 0 Å². The molecule has 0 aliphatic heterocycles. The van der Waals surface area contributed by atoms with Crippen LogP contribution in [-0.4, -0.2) is 50.2 Å². The van der Waals surface area contributed by atoms with Gasteiger partial charge in [0.1, 0.15) is 0 Å². The molecule has 88 valence electrons. The predicted molar refractivity (Wildman–Crippen MR) is 59.6 cm³/mol. The van der Waals surface area contributed by atoms with Gasteiger partial charge in [0.05, 0.1) is 31.5 Å². The fourth-order valence-electron chi connectivity index (χ4n) is 0.845. The monoisotopic (exact) mass is 215 g/mol. The van der Waals surface area contributed by atoms with E-state index in [1.54, 1.807) is 7.11 Å². The predicted octanol–water partition coefficient (Wildman–Crippen LogP) is 0.0117. The summed E-state index contributed by atoms with van der Waals surface area (Å²) in [5, 5.41) is 12.6. The largest absolute Gasteiger partial charge is 0.389 e. The van der Waals surface area contributed by atoms with Crippen molar-refractivity contribution >= 4 is 0 Å². The van der Waals surface area contributed by atoms with Crippen LogP contribution in [0.4, 0.5) is 0 Å². The zero-order valence-electron chi connectivity index (χ0n) is 9.75. The Labute approximate surface area is 92.0 Å². The fraction of sp³-hybridized carbons (Fsp3) is 0.818. The van der Waals surface area contributed by atoms with Gasteiger partial charge in [-0.15, -0.1) is 6.42 Å². The Morgan fingerprint density at radius 2 is 2.13 bits per heavy atom. The van der Waals surface area contributed by atoms with Crippen LogP contribution in [-0.2, 0) is 9.47 Å². The van der Waals surface area contributed by atoms with E-state index < -0.39 is 11.6 Å². The molecule has 0 rings (SSSR count). The van der Waals surface area contributed by atoms with Gasteiger partial charge >= 0.3 is 0 Å². The summed E-state index contributed by atoms with van der Waals surface area (Å²) in [5.74, 6) is 2.59. The van der Waals surface area contributed by atoms with Gasteiger partial charge in [-0.1, -0.05) is 5.92 Å². The lowest BCUT2D eigenvalue weighted by molar-refractivity contribution is 0.0124. The third-order valence-corrected chi connectivity index (χ3v) is 1.88. The number of hydrogen-bond acceptors (Lipinski definition) is 4. The van der Waals surface area contributed by atoms with Gasteiger partial charge < -0.3 is 14.6 Å². The Kier molecular flexibility index (Phi) is 7.35. The van der Waals surface area contributed by atoms with Crippen LogP contribution in [0.25, 0.3) is 0 Å². The molecule has 0 aromatic rings. The summed E-state index contributed by atoms with van der Waals surface area (Å²) in [6, 6.07) is 0. The molecular formula is C11H21NO3. The maximum Gasteiger partial charge on any atom is 0.0898 e. The first-order valence-corrected chi connectivity index (χ1v) is 4.99. The van der Waals surface area contributed by atoms with Gasteiger partial charge in [0, 0.05) is 13.7 Å². The highest BCUT2D eigenvalue weighted by Gasteiger charge is 2.14. The average molecular weight is 215 g/mol. The van der Waals surface area contributed by atoms with Gasteiger partial charge in [-0.3, -0.25) is 5.32 Å². The SMILES string of the molecule is C#CC(C)(C)NCC(O)COCCOC. The van der Waals surface area contributed by atoms with E-state index in [0.29, 0.717) is 19.8 Å². The van der Waals surface area contributed by atoms with E-state index in [9.17, 15) is 5.11 Å². The molecule has 0 fully saturated rings. The molecule has 1 atom stereocenters. The van der Waals surface area contributed by atoms with Gasteiger partial charge in [-0.05, 0) is 13.8 Å². The van der Waals surface area contributed by atoms with Crippen LogP contribution < -0.4 is 5.32 Å². The number of β-amino-alcohol motifs (C(OH)–C–C–N with tert-alkyl or cyclic N) is 1. The van der Waals surface area contributed by atoms with Crippen LogP contribution in [0.3, 0.4) is 0 Å². The number of hydrogen-bond donors (Lipinski definition) is 2. The molecule has 0 radical (unpaired) electrons. The van der Waals surface area contributed by atoms with Gasteiger partial charge in [-0.2, -0.15) is 0 Å². The minimum absolute atomic E-state index is 0.289. The second-order valence-corrected chi connectivity index (χ2v) is 3.87. The van der Waals surface area contributed by atoms with Crippen LogP contribution in [0, 0.1) is 12.3 Å². The van der Waals surface area contributed by atoms with E-state index in [4.69, 9.17) is 15.9 Å². The Balaban J connectivity index is 3.50. The zero-order valence-corrected chi connectivity index (χ0v) is 9.75. The van der Waals surface area contributed by atoms with E-state index in [1.807, 2.05) is 13.8 Å². The molecule has 0 aliphatic carbocycles. The summed E-state index contributed by atoms with van der Waals surface area (Å²) in [4.78, 5) is 0. The molecule has 0 aromatic heterocycles. The third kappa shape index (κ3) is 8.40. The summed E-state index contributed by atoms with van der Waals surface area (Å²) in [5.41, 5.74) is -0.395. The zero-order chi connectivity index (χ0) is 11.7. The second-order valence-electron chi connectivity index (χ2n) is 3.87. The molecule has 4 nitrogen and oxygen atoms in total. The van der Waals surface area contributed by atoms with E-state index in [-0.39, 0.29) is 6.61 Å². The molecule has 0 aliphatic rings. The van der Waals surface area contributed by atoms with E-state index >= 15 is 0 Å². The first kappa shape index (κ1) is 14.4. The minimum atomic E-state index is -0.547. The van der Waals surface area contributed by atoms with Gasteiger partial charge in [0.15, 0.2) is 0 Å². The molecule has 0 amide bonds. The van der Waals surface area contributed by atoms with Crippen molar-refractivity contribution in [1.82, 2.24) is 5.32 Å². The molecule has 0 aromatic carbocycles. The number of ether oxygens (including phenoxy) is 2. The highest BCUT2D eigenvalue weighted by atomic mass is 16.5. The van der Waals surface area contributed by atoms with Crippen molar-refractivity contribution in [3.8, 4) is 12.3 Å². The lowest BCUT2D eigenvalue weighted by Gasteiger charge is -2.21. The van der Waals surface area contributed by atoms with Crippen LogP contribution in [0.15, 0.2) is 0 Å². The first-order valence-electron chi connectivity index (χ1n) is 4.99. The van der Waals surface area contributed by atoms with E-state index in [0.717, 1.165) is 0 Å². The molecule has 0 saturated heterocycles. The third-order valence-electron chi connectivity index (χ3n) is 1.88. The van der Waals surface area contributed by atoms with Crippen molar-refractivity contribution in [1.29, 1.82) is 0 Å². The number of aliphatic hydroxyl groups excluding tert-OH is 1. The highest BCUT2D eigenvalue weighted by molar-refractivity contribution is 5.07. The van der Waals surface area contributed by atoms with Gasteiger partial charge in [0.2, 0.25) is 0 Å². The Morgan fingerprint density at radius 3 is 2.67 bits per heavy atom. The normalized spacial score (nSPS) is 13.5. The average Bonchev–Trinajstić information content (AvgIpc) is 2.22. The standard InChI is InChI=1S/C11H21NO3/c1-5-11(2,3)12-8-10(13)9-15-7-6-14-4/h1,10,12-13H,6-9H2,2-4H3. The first-order chi connectivity index (χ1) is 7.02. The molecule has 0 bridgehead atoms. The molecule has 1 unspecified atom stereocenters. The van der Waals surface area contributed by atoms with Crippen LogP contribution in [0.2, 0.25) is 0 Å². The van der Waals surface area contributed by atoms with Crippen LogP contribution in [0.1, 0.15) is 13.8 Å². The number of nitrogens with one attached hydrogen (secondary N) is 1.